The van der Waals surface area contributed by atoms with Crippen molar-refractivity contribution in [1.29, 1.82) is 0 Å². The molecule has 0 saturated carbocycles. The van der Waals surface area contributed by atoms with Crippen molar-refractivity contribution in [3.8, 4) is 0 Å². The lowest BCUT2D eigenvalue weighted by atomic mass is 9.76. The van der Waals surface area contributed by atoms with Crippen molar-refractivity contribution in [2.24, 2.45) is 0 Å². The highest BCUT2D eigenvalue weighted by Crippen LogP contribution is 2.39. The van der Waals surface area contributed by atoms with Crippen molar-refractivity contribution in [3.05, 3.63) is 35.4 Å². The number of urea groups is 1. The van der Waals surface area contributed by atoms with E-state index in [2.05, 4.69) is 10.6 Å². The van der Waals surface area contributed by atoms with Gasteiger partial charge in [0.2, 0.25) is 5.91 Å². The predicted molar refractivity (Wildman–Crippen MR) is 93.8 cm³/mol. The second-order valence-corrected chi connectivity index (χ2v) is 6.99. The molecule has 1 spiro atoms. The SMILES string of the molecule is CCC[C@H](C)NC(=O)CN1C(=O)N[C@]2(CCCc3ccccc32)C1=O. The molecule has 6 nitrogen and oxygen atoms in total. The molecule has 4 amide bonds. The third-order valence-electron chi connectivity index (χ3n) is 5.08. The lowest BCUT2D eigenvalue weighted by Gasteiger charge is -2.33. The first-order valence-electron chi connectivity index (χ1n) is 9.00. The zero-order chi connectivity index (χ0) is 18.0. The zero-order valence-corrected chi connectivity index (χ0v) is 14.8. The average molecular weight is 343 g/mol. The maximum Gasteiger partial charge on any atom is 0.325 e. The molecule has 6 heteroatoms. The molecule has 0 aromatic heterocycles. The Morgan fingerprint density at radius 1 is 1.36 bits per heavy atom. The normalized spacial score (nSPS) is 23.4. The summed E-state index contributed by atoms with van der Waals surface area (Å²) in [5.41, 5.74) is 0.938. The minimum absolute atomic E-state index is 0.0302. The predicted octanol–water partition coefficient (Wildman–Crippen LogP) is 2.07. The molecule has 1 fully saturated rings. The van der Waals surface area contributed by atoms with Crippen LogP contribution in [0.4, 0.5) is 4.79 Å². The molecule has 1 aromatic rings. The van der Waals surface area contributed by atoms with Gasteiger partial charge in [-0.3, -0.25) is 14.5 Å². The van der Waals surface area contributed by atoms with Gasteiger partial charge in [-0.05, 0) is 43.7 Å². The number of carbonyl (C=O) groups is 3. The molecule has 25 heavy (non-hydrogen) atoms. The summed E-state index contributed by atoms with van der Waals surface area (Å²) in [5, 5.41) is 5.71. The fourth-order valence-corrected chi connectivity index (χ4v) is 3.92. The Morgan fingerprint density at radius 3 is 2.88 bits per heavy atom. The van der Waals surface area contributed by atoms with Crippen molar-refractivity contribution in [1.82, 2.24) is 15.5 Å². The van der Waals surface area contributed by atoms with E-state index in [0.717, 1.165) is 41.7 Å². The molecule has 2 aliphatic rings. The number of hydrogen-bond acceptors (Lipinski definition) is 3. The number of fused-ring (bicyclic) bond motifs is 2. The van der Waals surface area contributed by atoms with Crippen LogP contribution in [0.3, 0.4) is 0 Å². The molecule has 0 unspecified atom stereocenters. The van der Waals surface area contributed by atoms with E-state index >= 15 is 0 Å². The van der Waals surface area contributed by atoms with Crippen LogP contribution >= 0.6 is 0 Å². The van der Waals surface area contributed by atoms with E-state index in [1.54, 1.807) is 0 Å². The summed E-state index contributed by atoms with van der Waals surface area (Å²) in [5.74, 6) is -0.617. The first-order chi connectivity index (χ1) is 12.0. The first kappa shape index (κ1) is 17.5. The van der Waals surface area contributed by atoms with Crippen LogP contribution in [-0.4, -0.2) is 35.3 Å². The van der Waals surface area contributed by atoms with Gasteiger partial charge in [0.05, 0.1) is 0 Å². The van der Waals surface area contributed by atoms with Crippen LogP contribution in [0, 0.1) is 0 Å². The Morgan fingerprint density at radius 2 is 2.12 bits per heavy atom. The fourth-order valence-electron chi connectivity index (χ4n) is 3.92. The summed E-state index contributed by atoms with van der Waals surface area (Å²) < 4.78 is 0. The van der Waals surface area contributed by atoms with Gasteiger partial charge in [0, 0.05) is 6.04 Å². The summed E-state index contributed by atoms with van der Waals surface area (Å²) in [4.78, 5) is 38.8. The highest BCUT2D eigenvalue weighted by molar-refractivity contribution is 6.09. The largest absolute Gasteiger partial charge is 0.352 e. The number of imide groups is 1. The minimum atomic E-state index is -1.01. The standard InChI is InChI=1S/C19H25N3O3/c1-3-7-13(2)20-16(23)12-22-17(24)19(21-18(22)25)11-6-9-14-8-4-5-10-15(14)19/h4-5,8,10,13H,3,6-7,9,11-12H2,1-2H3,(H,20,23)(H,21,25)/t13-,19-/m0/s1. The number of rotatable bonds is 5. The number of carbonyl (C=O) groups excluding carboxylic acids is 3. The second-order valence-electron chi connectivity index (χ2n) is 6.99. The molecule has 0 bridgehead atoms. The molecule has 1 aliphatic carbocycles. The van der Waals surface area contributed by atoms with Crippen LogP contribution in [0.15, 0.2) is 24.3 Å². The quantitative estimate of drug-likeness (QED) is 0.804. The molecule has 1 saturated heterocycles. The number of nitrogens with one attached hydrogen (secondary N) is 2. The van der Waals surface area contributed by atoms with Gasteiger partial charge in [0.15, 0.2) is 0 Å². The molecular weight excluding hydrogens is 318 g/mol. The van der Waals surface area contributed by atoms with E-state index in [4.69, 9.17) is 0 Å². The number of hydrogen-bond donors (Lipinski definition) is 2. The summed E-state index contributed by atoms with van der Waals surface area (Å²) in [6.45, 7) is 3.74. The van der Waals surface area contributed by atoms with Gasteiger partial charge < -0.3 is 10.6 Å². The fraction of sp³-hybridized carbons (Fsp3) is 0.526. The molecule has 0 radical (unpaired) electrons. The van der Waals surface area contributed by atoms with E-state index in [1.165, 1.54) is 0 Å². The van der Waals surface area contributed by atoms with E-state index in [-0.39, 0.29) is 24.4 Å². The molecule has 1 aliphatic heterocycles. The summed E-state index contributed by atoms with van der Waals surface area (Å²) in [7, 11) is 0. The smallest absolute Gasteiger partial charge is 0.325 e. The maximum absolute atomic E-state index is 13.1. The lowest BCUT2D eigenvalue weighted by Crippen LogP contribution is -2.47. The van der Waals surface area contributed by atoms with Crippen LogP contribution in [0.25, 0.3) is 0 Å². The molecular formula is C19H25N3O3. The van der Waals surface area contributed by atoms with Crippen LogP contribution in [0.5, 0.6) is 0 Å². The van der Waals surface area contributed by atoms with Gasteiger partial charge in [-0.15, -0.1) is 0 Å². The Kier molecular flexibility index (Phi) is 4.79. The molecule has 2 atom stereocenters. The van der Waals surface area contributed by atoms with Crippen molar-refractivity contribution < 1.29 is 14.4 Å². The van der Waals surface area contributed by atoms with Crippen molar-refractivity contribution >= 4 is 17.8 Å². The Hall–Kier alpha value is -2.37. The summed E-state index contributed by atoms with van der Waals surface area (Å²) >= 11 is 0. The molecule has 3 rings (SSSR count). The minimum Gasteiger partial charge on any atom is -0.352 e. The van der Waals surface area contributed by atoms with E-state index < -0.39 is 11.6 Å². The summed E-state index contributed by atoms with van der Waals surface area (Å²) in [6, 6.07) is 7.27. The van der Waals surface area contributed by atoms with Gasteiger partial charge in [0.25, 0.3) is 5.91 Å². The van der Waals surface area contributed by atoms with Gasteiger partial charge in [0.1, 0.15) is 12.1 Å². The summed E-state index contributed by atoms with van der Waals surface area (Å²) in [6.07, 6.45) is 4.12. The molecule has 1 aromatic carbocycles. The maximum atomic E-state index is 13.1. The second kappa shape index (κ2) is 6.86. The highest BCUT2D eigenvalue weighted by atomic mass is 16.2. The zero-order valence-electron chi connectivity index (χ0n) is 14.8. The Labute approximate surface area is 148 Å². The Balaban J connectivity index is 1.79. The monoisotopic (exact) mass is 343 g/mol. The third-order valence-corrected chi connectivity index (χ3v) is 5.08. The topological polar surface area (TPSA) is 78.5 Å². The van der Waals surface area contributed by atoms with Crippen molar-refractivity contribution in [2.75, 3.05) is 6.54 Å². The average Bonchev–Trinajstić information content (AvgIpc) is 2.80. The van der Waals surface area contributed by atoms with Crippen molar-refractivity contribution in [3.63, 3.8) is 0 Å². The van der Waals surface area contributed by atoms with Crippen molar-refractivity contribution in [2.45, 2.75) is 57.5 Å². The van der Waals surface area contributed by atoms with Crippen LogP contribution in [-0.2, 0) is 21.5 Å². The number of benzene rings is 1. The van der Waals surface area contributed by atoms with E-state index in [0.29, 0.717) is 6.42 Å². The molecule has 1 heterocycles. The van der Waals surface area contributed by atoms with E-state index in [1.807, 2.05) is 38.1 Å². The van der Waals surface area contributed by atoms with Gasteiger partial charge in [-0.2, -0.15) is 0 Å². The van der Waals surface area contributed by atoms with Crippen LogP contribution in [0.2, 0.25) is 0 Å². The van der Waals surface area contributed by atoms with Crippen LogP contribution in [0.1, 0.15) is 50.7 Å². The lowest BCUT2D eigenvalue weighted by molar-refractivity contribution is -0.135. The molecule has 134 valence electrons. The third kappa shape index (κ3) is 3.13. The van der Waals surface area contributed by atoms with E-state index in [9.17, 15) is 14.4 Å². The van der Waals surface area contributed by atoms with Gasteiger partial charge in [-0.1, -0.05) is 37.6 Å². The number of amides is 4. The van der Waals surface area contributed by atoms with Gasteiger partial charge >= 0.3 is 6.03 Å². The number of nitrogens with zero attached hydrogens (tertiary/aromatic N) is 1. The number of aryl methyl sites for hydroxylation is 1. The molecule has 2 N–H and O–H groups in total. The van der Waals surface area contributed by atoms with Gasteiger partial charge in [-0.25, -0.2) is 4.79 Å². The Bertz CT molecular complexity index is 703. The highest BCUT2D eigenvalue weighted by Gasteiger charge is 2.54. The first-order valence-corrected chi connectivity index (χ1v) is 9.00. The van der Waals surface area contributed by atoms with Crippen LogP contribution < -0.4 is 10.6 Å².